The maximum absolute atomic E-state index is 12.1. The summed E-state index contributed by atoms with van der Waals surface area (Å²) in [6.07, 6.45) is -9.71. The number of hydrogen-bond donors (Lipinski definition) is 1. The third-order valence-electron chi connectivity index (χ3n) is 3.08. The third kappa shape index (κ3) is 8.44. The van der Waals surface area contributed by atoms with Crippen LogP contribution in [0.2, 0.25) is 0 Å². The Kier molecular flexibility index (Phi) is 8.69. The number of nitrogens with zero attached hydrogens (tertiary/aromatic N) is 1. The second-order valence-corrected chi connectivity index (χ2v) is 7.14. The summed E-state index contributed by atoms with van der Waals surface area (Å²) in [5.41, 5.74) is 0.286. The molecule has 2 aromatic rings. The molecule has 0 aliphatic rings. The van der Waals surface area contributed by atoms with Gasteiger partial charge in [-0.15, -0.1) is 0 Å². The highest BCUT2D eigenvalue weighted by Gasteiger charge is 2.41. The fourth-order valence-corrected chi connectivity index (χ4v) is 2.55. The molecule has 4 nitrogen and oxygen atoms in total. The van der Waals surface area contributed by atoms with E-state index in [9.17, 15) is 35.9 Å². The van der Waals surface area contributed by atoms with Gasteiger partial charge in [-0.3, -0.25) is 9.59 Å². The van der Waals surface area contributed by atoms with E-state index in [2.05, 4.69) is 31.9 Å². The molecule has 0 aliphatic carbocycles. The van der Waals surface area contributed by atoms with E-state index in [4.69, 9.17) is 0 Å². The fraction of sp³-hybridized carbons (Fsp3) is 0.176. The van der Waals surface area contributed by atoms with Crippen molar-refractivity contribution < 1.29 is 35.9 Å². The minimum atomic E-state index is -4.86. The molecule has 0 heterocycles. The quantitative estimate of drug-likeness (QED) is 0.472. The number of rotatable bonds is 2. The predicted octanol–water partition coefficient (Wildman–Crippen LogP) is 5.92. The zero-order chi connectivity index (χ0) is 22.4. The van der Waals surface area contributed by atoms with Gasteiger partial charge >= 0.3 is 24.2 Å². The van der Waals surface area contributed by atoms with Crippen molar-refractivity contribution in [2.24, 2.45) is 0 Å². The summed E-state index contributed by atoms with van der Waals surface area (Å²) in [7, 11) is 1.08. The van der Waals surface area contributed by atoms with E-state index in [-0.39, 0.29) is 11.4 Å². The van der Waals surface area contributed by atoms with Crippen LogP contribution in [0.5, 0.6) is 0 Å². The van der Waals surface area contributed by atoms with Crippen molar-refractivity contribution in [3.05, 3.63) is 57.5 Å². The molecule has 0 unspecified atom stereocenters. The summed E-state index contributed by atoms with van der Waals surface area (Å²) in [5, 5.41) is 1.73. The monoisotopic (exact) mass is 548 g/mol. The van der Waals surface area contributed by atoms with Gasteiger partial charge in [0.2, 0.25) is 0 Å². The van der Waals surface area contributed by atoms with E-state index in [1.165, 1.54) is 30.3 Å². The van der Waals surface area contributed by atoms with Crippen LogP contribution < -0.4 is 10.2 Å². The average Bonchev–Trinajstić information content (AvgIpc) is 2.59. The van der Waals surface area contributed by atoms with Gasteiger partial charge in [-0.2, -0.15) is 26.3 Å². The van der Waals surface area contributed by atoms with Gasteiger partial charge in [0.1, 0.15) is 0 Å². The number of anilines is 2. The molecule has 12 heteroatoms. The lowest BCUT2D eigenvalue weighted by Gasteiger charge is -2.18. The molecule has 2 rings (SSSR count). The zero-order valence-electron chi connectivity index (χ0n) is 14.4. The molecule has 1 N–H and O–H groups in total. The molecular formula is C17H12Br2F6N2O2. The van der Waals surface area contributed by atoms with Crippen molar-refractivity contribution in [2.45, 2.75) is 12.4 Å². The van der Waals surface area contributed by atoms with Gasteiger partial charge in [0.05, 0.1) is 0 Å². The smallest absolute Gasteiger partial charge is 0.318 e. The Morgan fingerprint density at radius 3 is 1.83 bits per heavy atom. The first-order chi connectivity index (χ1) is 13.2. The van der Waals surface area contributed by atoms with Crippen LogP contribution in [-0.4, -0.2) is 31.2 Å². The van der Waals surface area contributed by atoms with Crippen molar-refractivity contribution in [2.75, 3.05) is 17.3 Å². The standard InChI is InChI=1S/C9H7BrF3NO.C8H5BrF3NO/c1-14(8(15)9(11,12)13)7-4-2-3-6(10)5-7;9-5-2-1-3-6(4-5)13-7(14)8(10,11)12/h2-5H,1H3;1-4H,(H,13,14). The Hall–Kier alpha value is -2.08. The van der Waals surface area contributed by atoms with Crippen molar-refractivity contribution in [3.8, 4) is 0 Å². The highest BCUT2D eigenvalue weighted by molar-refractivity contribution is 9.10. The van der Waals surface area contributed by atoms with Crippen LogP contribution in [0.25, 0.3) is 0 Å². The summed E-state index contributed by atoms with van der Waals surface area (Å²) >= 11 is 6.18. The number of nitrogens with one attached hydrogen (secondary N) is 1. The first-order valence-corrected chi connectivity index (χ1v) is 9.04. The van der Waals surface area contributed by atoms with Crippen molar-refractivity contribution in [1.82, 2.24) is 0 Å². The van der Waals surface area contributed by atoms with Gasteiger partial charge in [-0.25, -0.2) is 0 Å². The average molecular weight is 550 g/mol. The third-order valence-corrected chi connectivity index (χ3v) is 4.07. The number of hydrogen-bond acceptors (Lipinski definition) is 2. The molecule has 0 saturated heterocycles. The largest absolute Gasteiger partial charge is 0.471 e. The number of carbonyl (C=O) groups is 2. The second kappa shape index (κ2) is 10.1. The second-order valence-electron chi connectivity index (χ2n) is 5.30. The first-order valence-electron chi connectivity index (χ1n) is 7.46. The van der Waals surface area contributed by atoms with Crippen LogP contribution in [0, 0.1) is 0 Å². The van der Waals surface area contributed by atoms with Crippen molar-refractivity contribution >= 4 is 55.0 Å². The highest BCUT2D eigenvalue weighted by Crippen LogP contribution is 2.24. The summed E-state index contributed by atoms with van der Waals surface area (Å²) in [6.45, 7) is 0. The van der Waals surface area contributed by atoms with E-state index in [1.807, 2.05) is 0 Å². The summed E-state index contributed by atoms with van der Waals surface area (Å²) in [5.74, 6) is -3.86. The van der Waals surface area contributed by atoms with Crippen LogP contribution >= 0.6 is 31.9 Å². The Bertz CT molecular complexity index is 871. The Morgan fingerprint density at radius 1 is 0.862 bits per heavy atom. The van der Waals surface area contributed by atoms with E-state index < -0.39 is 24.2 Å². The van der Waals surface area contributed by atoms with Gasteiger partial charge in [-0.05, 0) is 36.4 Å². The van der Waals surface area contributed by atoms with Gasteiger partial charge in [0.25, 0.3) is 0 Å². The maximum atomic E-state index is 12.1. The van der Waals surface area contributed by atoms with Gasteiger partial charge in [0.15, 0.2) is 0 Å². The van der Waals surface area contributed by atoms with Crippen LogP contribution in [0.4, 0.5) is 37.7 Å². The van der Waals surface area contributed by atoms with Crippen molar-refractivity contribution in [3.63, 3.8) is 0 Å². The van der Waals surface area contributed by atoms with Crippen LogP contribution in [0.1, 0.15) is 0 Å². The van der Waals surface area contributed by atoms with Crippen LogP contribution in [-0.2, 0) is 9.59 Å². The van der Waals surface area contributed by atoms with Crippen LogP contribution in [0.15, 0.2) is 57.5 Å². The van der Waals surface area contributed by atoms with Crippen molar-refractivity contribution in [1.29, 1.82) is 0 Å². The molecule has 0 aliphatic heterocycles. The minimum Gasteiger partial charge on any atom is -0.318 e. The fourth-order valence-electron chi connectivity index (χ4n) is 1.76. The molecule has 158 valence electrons. The Labute approximate surface area is 178 Å². The highest BCUT2D eigenvalue weighted by atomic mass is 79.9. The lowest BCUT2D eigenvalue weighted by molar-refractivity contribution is -0.170. The van der Waals surface area contributed by atoms with Gasteiger partial charge < -0.3 is 10.2 Å². The lowest BCUT2D eigenvalue weighted by Crippen LogP contribution is -2.38. The molecular weight excluding hydrogens is 538 g/mol. The molecule has 0 aromatic heterocycles. The topological polar surface area (TPSA) is 49.4 Å². The zero-order valence-corrected chi connectivity index (χ0v) is 17.6. The molecule has 0 fully saturated rings. The number of amides is 2. The number of carbonyl (C=O) groups excluding carboxylic acids is 2. The minimum absolute atomic E-state index is 0.0988. The Morgan fingerprint density at radius 2 is 1.38 bits per heavy atom. The molecule has 2 amide bonds. The van der Waals surface area contributed by atoms with E-state index in [0.717, 1.165) is 7.05 Å². The summed E-state index contributed by atoms with van der Waals surface area (Å²) < 4.78 is 72.9. The molecule has 0 atom stereocenters. The molecule has 0 spiro atoms. The molecule has 2 aromatic carbocycles. The predicted molar refractivity (Wildman–Crippen MR) is 102 cm³/mol. The van der Waals surface area contributed by atoms with E-state index in [0.29, 0.717) is 13.8 Å². The number of halogens is 8. The van der Waals surface area contributed by atoms with Gasteiger partial charge in [-0.1, -0.05) is 44.0 Å². The van der Waals surface area contributed by atoms with Crippen LogP contribution in [0.3, 0.4) is 0 Å². The number of alkyl halides is 6. The Balaban J connectivity index is 0.000000291. The van der Waals surface area contributed by atoms with Gasteiger partial charge in [0, 0.05) is 27.4 Å². The summed E-state index contributed by atoms with van der Waals surface area (Å²) in [4.78, 5) is 21.9. The maximum Gasteiger partial charge on any atom is 0.471 e. The normalized spacial score (nSPS) is 11.2. The lowest BCUT2D eigenvalue weighted by atomic mass is 10.3. The molecule has 0 saturated carbocycles. The first kappa shape index (κ1) is 25.0. The number of benzene rings is 2. The summed E-state index contributed by atoms with van der Waals surface area (Å²) in [6, 6.07) is 12.0. The molecule has 0 bridgehead atoms. The molecule has 29 heavy (non-hydrogen) atoms. The van der Waals surface area contributed by atoms with E-state index >= 15 is 0 Å². The van der Waals surface area contributed by atoms with E-state index in [1.54, 1.807) is 23.5 Å². The molecule has 0 radical (unpaired) electrons. The SMILES string of the molecule is CN(C(=O)C(F)(F)F)c1cccc(Br)c1.O=C(Nc1cccc(Br)c1)C(F)(F)F.